The third-order valence-corrected chi connectivity index (χ3v) is 5.62. The van der Waals surface area contributed by atoms with Crippen LogP contribution < -0.4 is 4.72 Å². The smallest absolute Gasteiger partial charge is 0.242 e. The molecule has 118 valence electrons. The number of halogens is 1. The minimum absolute atomic E-state index is 0.0515. The van der Waals surface area contributed by atoms with Crippen molar-refractivity contribution in [3.63, 3.8) is 0 Å². The van der Waals surface area contributed by atoms with Crippen molar-refractivity contribution in [3.8, 4) is 0 Å². The van der Waals surface area contributed by atoms with Crippen LogP contribution in [0.2, 0.25) is 5.15 Å². The molecule has 1 aromatic rings. The van der Waals surface area contributed by atoms with Crippen LogP contribution in [0.15, 0.2) is 23.2 Å². The number of hydrogen-bond donors (Lipinski definition) is 1. The predicted molar refractivity (Wildman–Crippen MR) is 84.8 cm³/mol. The summed E-state index contributed by atoms with van der Waals surface area (Å²) in [6.45, 7) is 8.77. The van der Waals surface area contributed by atoms with Crippen molar-refractivity contribution in [2.24, 2.45) is 10.8 Å². The monoisotopic (exact) mass is 330 g/mol. The van der Waals surface area contributed by atoms with Crippen molar-refractivity contribution in [1.29, 1.82) is 0 Å². The minimum Gasteiger partial charge on any atom is -0.243 e. The van der Waals surface area contributed by atoms with E-state index >= 15 is 0 Å². The highest BCUT2D eigenvalue weighted by molar-refractivity contribution is 7.89. The summed E-state index contributed by atoms with van der Waals surface area (Å²) in [5.74, 6) is 0. The number of aromatic nitrogens is 1. The standard InChI is InChI=1S/C15H23ClN2O2S/c1-14(2)7-11(8-15(3,4)10-14)18-21(19,20)12-5-6-13(16)17-9-12/h5-6,9,11,18H,7-8,10H2,1-4H3. The van der Waals surface area contributed by atoms with Gasteiger partial charge in [0.15, 0.2) is 0 Å². The summed E-state index contributed by atoms with van der Waals surface area (Å²) in [4.78, 5) is 4.00. The molecule has 0 spiro atoms. The van der Waals surface area contributed by atoms with E-state index in [0.29, 0.717) is 0 Å². The van der Waals surface area contributed by atoms with E-state index < -0.39 is 10.0 Å². The highest BCUT2D eigenvalue weighted by atomic mass is 35.5. The van der Waals surface area contributed by atoms with Gasteiger partial charge in [0.1, 0.15) is 10.0 Å². The second kappa shape index (κ2) is 5.52. The molecule has 0 radical (unpaired) electrons. The van der Waals surface area contributed by atoms with Crippen LogP contribution in [0, 0.1) is 10.8 Å². The van der Waals surface area contributed by atoms with Gasteiger partial charge in [0, 0.05) is 12.2 Å². The van der Waals surface area contributed by atoms with Crippen molar-refractivity contribution in [1.82, 2.24) is 9.71 Å². The Hall–Kier alpha value is -0.650. The van der Waals surface area contributed by atoms with Gasteiger partial charge in [-0.05, 0) is 42.2 Å². The second-order valence-corrected chi connectivity index (χ2v) is 9.65. The Morgan fingerprint density at radius 1 is 1.19 bits per heavy atom. The molecule has 1 fully saturated rings. The molecular weight excluding hydrogens is 308 g/mol. The summed E-state index contributed by atoms with van der Waals surface area (Å²) in [6, 6.07) is 2.92. The van der Waals surface area contributed by atoms with E-state index in [-0.39, 0.29) is 26.9 Å². The Kier molecular flexibility index (Phi) is 4.40. The molecule has 1 saturated carbocycles. The molecule has 21 heavy (non-hydrogen) atoms. The van der Waals surface area contributed by atoms with Gasteiger partial charge >= 0.3 is 0 Å². The lowest BCUT2D eigenvalue weighted by Crippen LogP contribution is -2.45. The summed E-state index contributed by atoms with van der Waals surface area (Å²) >= 11 is 5.70. The molecule has 0 saturated heterocycles. The predicted octanol–water partition coefficient (Wildman–Crippen LogP) is 3.62. The van der Waals surface area contributed by atoms with Crippen LogP contribution in [-0.4, -0.2) is 19.4 Å². The Morgan fingerprint density at radius 2 is 1.76 bits per heavy atom. The molecule has 1 aliphatic rings. The Bertz CT molecular complexity index is 593. The van der Waals surface area contributed by atoms with Crippen LogP contribution in [-0.2, 0) is 10.0 Å². The zero-order chi connectivity index (χ0) is 15.9. The lowest BCUT2D eigenvalue weighted by molar-refractivity contribution is 0.0934. The average molecular weight is 331 g/mol. The Morgan fingerprint density at radius 3 is 2.24 bits per heavy atom. The van der Waals surface area contributed by atoms with Crippen LogP contribution in [0.5, 0.6) is 0 Å². The molecule has 4 nitrogen and oxygen atoms in total. The van der Waals surface area contributed by atoms with E-state index in [2.05, 4.69) is 37.4 Å². The molecule has 0 aromatic carbocycles. The van der Waals surface area contributed by atoms with Gasteiger partial charge in [0.25, 0.3) is 0 Å². The maximum Gasteiger partial charge on any atom is 0.242 e. The van der Waals surface area contributed by atoms with Crippen LogP contribution in [0.1, 0.15) is 47.0 Å². The molecule has 1 aromatic heterocycles. The quantitative estimate of drug-likeness (QED) is 0.861. The highest BCUT2D eigenvalue weighted by Crippen LogP contribution is 2.45. The number of nitrogens with one attached hydrogen (secondary N) is 1. The largest absolute Gasteiger partial charge is 0.243 e. The third kappa shape index (κ3) is 4.41. The number of sulfonamides is 1. The number of nitrogens with zero attached hydrogens (tertiary/aromatic N) is 1. The molecule has 0 aliphatic heterocycles. The minimum atomic E-state index is -3.55. The molecule has 1 aliphatic carbocycles. The van der Waals surface area contributed by atoms with Crippen molar-refractivity contribution in [3.05, 3.63) is 23.5 Å². The molecule has 1 N–H and O–H groups in total. The van der Waals surface area contributed by atoms with Gasteiger partial charge in [-0.25, -0.2) is 18.1 Å². The summed E-state index contributed by atoms with van der Waals surface area (Å²) in [7, 11) is -3.55. The molecule has 1 heterocycles. The van der Waals surface area contributed by atoms with Crippen molar-refractivity contribution < 1.29 is 8.42 Å². The number of hydrogen-bond acceptors (Lipinski definition) is 3. The first kappa shape index (κ1) is 16.7. The summed E-state index contributed by atoms with van der Waals surface area (Å²) in [5.41, 5.74) is 0.264. The maximum atomic E-state index is 12.4. The van der Waals surface area contributed by atoms with Gasteiger partial charge in [0.2, 0.25) is 10.0 Å². The second-order valence-electron chi connectivity index (χ2n) is 7.55. The number of pyridine rings is 1. The molecular formula is C15H23ClN2O2S. The van der Waals surface area contributed by atoms with Gasteiger partial charge in [-0.2, -0.15) is 0 Å². The molecule has 0 unspecified atom stereocenters. The SMILES string of the molecule is CC1(C)CC(NS(=O)(=O)c2ccc(Cl)nc2)CC(C)(C)C1. The van der Waals surface area contributed by atoms with Gasteiger partial charge in [-0.3, -0.25) is 0 Å². The topological polar surface area (TPSA) is 59.1 Å². The Labute approximate surface area is 132 Å². The van der Waals surface area contributed by atoms with Crippen LogP contribution in [0.25, 0.3) is 0 Å². The van der Waals surface area contributed by atoms with Gasteiger partial charge in [0.05, 0.1) is 0 Å². The fourth-order valence-electron chi connectivity index (χ4n) is 3.74. The van der Waals surface area contributed by atoms with Crippen molar-refractivity contribution in [2.75, 3.05) is 0 Å². The van der Waals surface area contributed by atoms with Crippen molar-refractivity contribution in [2.45, 2.75) is 57.9 Å². The first-order valence-electron chi connectivity index (χ1n) is 7.13. The normalized spacial score (nSPS) is 22.1. The van der Waals surface area contributed by atoms with E-state index in [4.69, 9.17) is 11.6 Å². The van der Waals surface area contributed by atoms with Gasteiger partial charge in [-0.15, -0.1) is 0 Å². The molecule has 0 atom stereocenters. The number of rotatable bonds is 3. The maximum absolute atomic E-state index is 12.4. The summed E-state index contributed by atoms with van der Waals surface area (Å²) in [6.07, 6.45) is 4.08. The van der Waals surface area contributed by atoms with Crippen LogP contribution >= 0.6 is 11.6 Å². The average Bonchev–Trinajstić information content (AvgIpc) is 2.23. The van der Waals surface area contributed by atoms with Gasteiger partial charge in [-0.1, -0.05) is 39.3 Å². The van der Waals surface area contributed by atoms with Crippen LogP contribution in [0.4, 0.5) is 0 Å². The third-order valence-electron chi connectivity index (χ3n) is 3.89. The van der Waals surface area contributed by atoms with Crippen molar-refractivity contribution >= 4 is 21.6 Å². The summed E-state index contributed by atoms with van der Waals surface area (Å²) < 4.78 is 27.7. The molecule has 0 amide bonds. The Balaban J connectivity index is 2.18. The first-order chi connectivity index (χ1) is 9.49. The lowest BCUT2D eigenvalue weighted by atomic mass is 9.64. The zero-order valence-electron chi connectivity index (χ0n) is 13.0. The van der Waals surface area contributed by atoms with E-state index in [1.807, 2.05) is 0 Å². The molecule has 2 rings (SSSR count). The fourth-order valence-corrected chi connectivity index (χ4v) is 5.03. The van der Waals surface area contributed by atoms with E-state index in [9.17, 15) is 8.42 Å². The zero-order valence-corrected chi connectivity index (χ0v) is 14.6. The van der Waals surface area contributed by atoms with E-state index in [0.717, 1.165) is 19.3 Å². The first-order valence-corrected chi connectivity index (χ1v) is 8.99. The van der Waals surface area contributed by atoms with E-state index in [1.165, 1.54) is 18.3 Å². The van der Waals surface area contributed by atoms with E-state index in [1.54, 1.807) is 0 Å². The highest BCUT2D eigenvalue weighted by Gasteiger charge is 2.39. The van der Waals surface area contributed by atoms with Crippen LogP contribution in [0.3, 0.4) is 0 Å². The fraction of sp³-hybridized carbons (Fsp3) is 0.667. The summed E-state index contributed by atoms with van der Waals surface area (Å²) in [5, 5.41) is 0.286. The lowest BCUT2D eigenvalue weighted by Gasteiger charge is -2.45. The van der Waals surface area contributed by atoms with Gasteiger partial charge < -0.3 is 0 Å². The molecule has 0 bridgehead atoms. The molecule has 6 heteroatoms.